The molecule has 1 aliphatic heterocycles. The molecule has 4 nitrogen and oxygen atoms in total. The van der Waals surface area contributed by atoms with Crippen molar-refractivity contribution in [1.82, 2.24) is 4.90 Å². The summed E-state index contributed by atoms with van der Waals surface area (Å²) in [4.78, 5) is 14.4. The highest BCUT2D eigenvalue weighted by Gasteiger charge is 2.27. The average Bonchev–Trinajstić information content (AvgIpc) is 2.93. The third-order valence-electron chi connectivity index (χ3n) is 4.46. The second-order valence-corrected chi connectivity index (χ2v) is 5.83. The van der Waals surface area contributed by atoms with Gasteiger partial charge in [0, 0.05) is 31.0 Å². The van der Waals surface area contributed by atoms with E-state index in [0.717, 1.165) is 24.1 Å². The normalized spacial score (nSPS) is 23.9. The first-order valence-corrected chi connectivity index (χ1v) is 7.31. The van der Waals surface area contributed by atoms with Crippen LogP contribution in [0.15, 0.2) is 23.4 Å². The Balaban J connectivity index is 1.76. The van der Waals surface area contributed by atoms with Crippen LogP contribution in [0.5, 0.6) is 0 Å². The molecule has 1 saturated heterocycles. The molecule has 106 valence electrons. The van der Waals surface area contributed by atoms with Gasteiger partial charge in [-0.25, -0.2) is 0 Å². The first kappa shape index (κ1) is 13.2. The van der Waals surface area contributed by atoms with Gasteiger partial charge in [0.15, 0.2) is 0 Å². The summed E-state index contributed by atoms with van der Waals surface area (Å²) in [5, 5.41) is 12.2. The van der Waals surface area contributed by atoms with Gasteiger partial charge in [0.2, 0.25) is 0 Å². The number of piperidine rings is 1. The molecule has 1 aliphatic carbocycles. The molecule has 4 heteroatoms. The molecule has 3 rings (SSSR count). The molecule has 0 aromatic heterocycles. The van der Waals surface area contributed by atoms with E-state index < -0.39 is 0 Å². The van der Waals surface area contributed by atoms with Crippen LogP contribution in [-0.4, -0.2) is 34.8 Å². The molecule has 1 heterocycles. The van der Waals surface area contributed by atoms with Crippen molar-refractivity contribution in [3.8, 4) is 0 Å². The number of rotatable bonds is 1. The van der Waals surface area contributed by atoms with Crippen LogP contribution in [0.3, 0.4) is 0 Å². The van der Waals surface area contributed by atoms with E-state index in [9.17, 15) is 4.79 Å². The van der Waals surface area contributed by atoms with Crippen molar-refractivity contribution in [3.05, 3.63) is 34.9 Å². The highest BCUT2D eigenvalue weighted by molar-refractivity contribution is 5.96. The van der Waals surface area contributed by atoms with E-state index in [1.165, 1.54) is 17.5 Å². The van der Waals surface area contributed by atoms with Crippen molar-refractivity contribution in [2.75, 3.05) is 13.1 Å². The van der Waals surface area contributed by atoms with Gasteiger partial charge in [-0.15, -0.1) is 0 Å². The Kier molecular flexibility index (Phi) is 3.47. The summed E-state index contributed by atoms with van der Waals surface area (Å²) in [7, 11) is 0. The monoisotopic (exact) mass is 272 g/mol. The van der Waals surface area contributed by atoms with Crippen molar-refractivity contribution in [3.63, 3.8) is 0 Å². The highest BCUT2D eigenvalue weighted by atomic mass is 16.4. The van der Waals surface area contributed by atoms with Gasteiger partial charge in [0.25, 0.3) is 5.91 Å². The van der Waals surface area contributed by atoms with Gasteiger partial charge in [-0.2, -0.15) is 0 Å². The van der Waals surface area contributed by atoms with E-state index in [2.05, 4.69) is 17.3 Å². The van der Waals surface area contributed by atoms with Crippen LogP contribution < -0.4 is 0 Å². The molecule has 1 N–H and O–H groups in total. The maximum Gasteiger partial charge on any atom is 0.253 e. The number of nitrogens with zero attached hydrogens (tertiary/aromatic N) is 2. The third-order valence-corrected chi connectivity index (χ3v) is 4.46. The fraction of sp³-hybridized carbons (Fsp3) is 0.500. The van der Waals surface area contributed by atoms with Crippen LogP contribution in [0, 0.1) is 5.92 Å². The van der Waals surface area contributed by atoms with Crippen molar-refractivity contribution in [2.45, 2.75) is 32.6 Å². The van der Waals surface area contributed by atoms with Gasteiger partial charge in [0.1, 0.15) is 0 Å². The second-order valence-electron chi connectivity index (χ2n) is 5.83. The quantitative estimate of drug-likeness (QED) is 0.631. The lowest BCUT2D eigenvalue weighted by Gasteiger charge is -2.31. The Labute approximate surface area is 119 Å². The number of hydrogen-bond acceptors (Lipinski definition) is 3. The van der Waals surface area contributed by atoms with Crippen LogP contribution in [0.2, 0.25) is 0 Å². The number of oxime groups is 1. The molecule has 2 aliphatic rings. The van der Waals surface area contributed by atoms with Gasteiger partial charge < -0.3 is 10.1 Å². The van der Waals surface area contributed by atoms with Crippen molar-refractivity contribution in [1.29, 1.82) is 0 Å². The van der Waals surface area contributed by atoms with Gasteiger partial charge >= 0.3 is 0 Å². The SMILES string of the molecule is CC1CN(C(=O)c2ccc3c(c2)CCC3)CC/C1=N\O. The van der Waals surface area contributed by atoms with Crippen molar-refractivity contribution < 1.29 is 10.0 Å². The molecule has 20 heavy (non-hydrogen) atoms. The zero-order valence-corrected chi connectivity index (χ0v) is 11.8. The van der Waals surface area contributed by atoms with E-state index in [1.807, 2.05) is 17.9 Å². The lowest BCUT2D eigenvalue weighted by Crippen LogP contribution is -2.43. The van der Waals surface area contributed by atoms with Crippen LogP contribution in [0.25, 0.3) is 0 Å². The van der Waals surface area contributed by atoms with Gasteiger partial charge in [0.05, 0.1) is 5.71 Å². The van der Waals surface area contributed by atoms with E-state index >= 15 is 0 Å². The molecule has 0 bridgehead atoms. The minimum absolute atomic E-state index is 0.100. The van der Waals surface area contributed by atoms with E-state index in [0.29, 0.717) is 19.5 Å². The number of carbonyl (C=O) groups excluding carboxylic acids is 1. The fourth-order valence-corrected chi connectivity index (χ4v) is 3.24. The molecule has 1 atom stereocenters. The molecular formula is C16H20N2O2. The topological polar surface area (TPSA) is 52.9 Å². The summed E-state index contributed by atoms with van der Waals surface area (Å²) in [5.41, 5.74) is 4.31. The summed E-state index contributed by atoms with van der Waals surface area (Å²) in [5.74, 6) is 0.232. The molecular weight excluding hydrogens is 252 g/mol. The summed E-state index contributed by atoms with van der Waals surface area (Å²) in [6.45, 7) is 3.27. The van der Waals surface area contributed by atoms with E-state index in [4.69, 9.17) is 5.21 Å². The Morgan fingerprint density at radius 3 is 2.85 bits per heavy atom. The maximum atomic E-state index is 12.6. The van der Waals surface area contributed by atoms with Gasteiger partial charge in [-0.05, 0) is 42.5 Å². The molecule has 1 fully saturated rings. The number of carbonyl (C=O) groups is 1. The Bertz CT molecular complexity index is 566. The molecule has 0 spiro atoms. The fourth-order valence-electron chi connectivity index (χ4n) is 3.24. The predicted molar refractivity (Wildman–Crippen MR) is 77.4 cm³/mol. The first-order valence-electron chi connectivity index (χ1n) is 7.31. The minimum atomic E-state index is 0.100. The zero-order valence-electron chi connectivity index (χ0n) is 11.8. The Hall–Kier alpha value is -1.84. The van der Waals surface area contributed by atoms with E-state index in [1.54, 1.807) is 0 Å². The Morgan fingerprint density at radius 1 is 1.30 bits per heavy atom. The molecule has 0 radical (unpaired) electrons. The third kappa shape index (κ3) is 2.30. The van der Waals surface area contributed by atoms with Crippen LogP contribution in [0.1, 0.15) is 41.3 Å². The number of amides is 1. The zero-order chi connectivity index (χ0) is 14.1. The summed E-state index contributed by atoms with van der Waals surface area (Å²) < 4.78 is 0. The number of aryl methyl sites for hydroxylation is 2. The van der Waals surface area contributed by atoms with Crippen molar-refractivity contribution >= 4 is 11.6 Å². The smallest absolute Gasteiger partial charge is 0.253 e. The maximum absolute atomic E-state index is 12.6. The predicted octanol–water partition coefficient (Wildman–Crippen LogP) is 2.49. The van der Waals surface area contributed by atoms with Crippen LogP contribution in [-0.2, 0) is 12.8 Å². The summed E-state index contributed by atoms with van der Waals surface area (Å²) >= 11 is 0. The first-order chi connectivity index (χ1) is 9.69. The average molecular weight is 272 g/mol. The van der Waals surface area contributed by atoms with Crippen LogP contribution >= 0.6 is 0 Å². The minimum Gasteiger partial charge on any atom is -0.411 e. The molecule has 0 saturated carbocycles. The number of hydrogen-bond donors (Lipinski definition) is 1. The Morgan fingerprint density at radius 2 is 2.10 bits per heavy atom. The van der Waals surface area contributed by atoms with Crippen LogP contribution in [0.4, 0.5) is 0 Å². The summed E-state index contributed by atoms with van der Waals surface area (Å²) in [6.07, 6.45) is 4.09. The molecule has 1 amide bonds. The van der Waals surface area contributed by atoms with E-state index in [-0.39, 0.29) is 11.8 Å². The lowest BCUT2D eigenvalue weighted by atomic mass is 9.96. The largest absolute Gasteiger partial charge is 0.411 e. The number of benzene rings is 1. The highest BCUT2D eigenvalue weighted by Crippen LogP contribution is 2.24. The van der Waals surface area contributed by atoms with Crippen molar-refractivity contribution in [2.24, 2.45) is 11.1 Å². The molecule has 1 aromatic carbocycles. The molecule has 1 aromatic rings. The standard InChI is InChI=1S/C16H20N2O2/c1-11-10-18(8-7-15(11)17-20)16(19)14-6-5-12-3-2-4-13(12)9-14/h5-6,9,11,20H,2-4,7-8,10H2,1H3/b17-15+. The second kappa shape index (κ2) is 5.27. The lowest BCUT2D eigenvalue weighted by molar-refractivity contribution is 0.0734. The number of likely N-dealkylation sites (tertiary alicyclic amines) is 1. The summed E-state index contributed by atoms with van der Waals surface area (Å²) in [6, 6.07) is 6.11. The number of fused-ring (bicyclic) bond motifs is 1. The molecule has 1 unspecified atom stereocenters. The van der Waals surface area contributed by atoms with Gasteiger partial charge in [-0.3, -0.25) is 4.79 Å². The van der Waals surface area contributed by atoms with Gasteiger partial charge in [-0.1, -0.05) is 18.1 Å².